The Bertz CT molecular complexity index is 1070. The maximum absolute atomic E-state index is 12.6. The van der Waals surface area contributed by atoms with Gasteiger partial charge in [0.15, 0.2) is 23.9 Å². The number of hydrogen-bond acceptors (Lipinski definition) is 6. The number of Topliss-reactive ketones (excluding diaryl/α,β-unsaturated/α-hetero) is 1. The smallest absolute Gasteiger partial charge is 0.342 e. The first-order valence-electron chi connectivity index (χ1n) is 9.26. The Morgan fingerprint density at radius 1 is 1.03 bits per heavy atom. The molecule has 0 saturated heterocycles. The maximum atomic E-state index is 12.6. The summed E-state index contributed by atoms with van der Waals surface area (Å²) >= 11 is 0. The van der Waals surface area contributed by atoms with Crippen molar-refractivity contribution < 1.29 is 23.8 Å². The van der Waals surface area contributed by atoms with E-state index in [1.807, 2.05) is 30.3 Å². The van der Waals surface area contributed by atoms with E-state index in [1.54, 1.807) is 36.7 Å². The fourth-order valence-electron chi connectivity index (χ4n) is 3.26. The number of ketones is 1. The van der Waals surface area contributed by atoms with E-state index in [2.05, 4.69) is 5.10 Å². The zero-order valence-corrected chi connectivity index (χ0v) is 16.2. The van der Waals surface area contributed by atoms with E-state index in [-0.39, 0.29) is 12.4 Å². The van der Waals surface area contributed by atoms with Gasteiger partial charge in [-0.1, -0.05) is 18.2 Å². The molecule has 2 aromatic carbocycles. The van der Waals surface area contributed by atoms with Gasteiger partial charge in [0.1, 0.15) is 18.8 Å². The van der Waals surface area contributed by atoms with Crippen LogP contribution in [0.5, 0.6) is 11.5 Å². The molecule has 0 aliphatic carbocycles. The van der Waals surface area contributed by atoms with E-state index in [4.69, 9.17) is 14.2 Å². The van der Waals surface area contributed by atoms with Gasteiger partial charge in [0, 0.05) is 5.56 Å². The predicted molar refractivity (Wildman–Crippen MR) is 105 cm³/mol. The fourth-order valence-corrected chi connectivity index (χ4v) is 3.26. The standard InChI is InChI=1S/C22H20N2O5/c1-14-21(15(2)24(23-14)17-6-4-3-5-7-17)22(26)29-13-18(25)16-8-9-19-20(12-16)28-11-10-27-19/h3-9,12H,10-11,13H2,1-2H3. The minimum Gasteiger partial charge on any atom is -0.486 e. The van der Waals surface area contributed by atoms with Gasteiger partial charge in [0.05, 0.1) is 17.1 Å². The van der Waals surface area contributed by atoms with Gasteiger partial charge in [-0.25, -0.2) is 9.48 Å². The third-order valence-corrected chi connectivity index (χ3v) is 4.69. The first-order chi connectivity index (χ1) is 14.0. The summed E-state index contributed by atoms with van der Waals surface area (Å²) in [5.74, 6) is 0.225. The normalized spacial score (nSPS) is 12.5. The highest BCUT2D eigenvalue weighted by molar-refractivity contribution is 6.00. The summed E-state index contributed by atoms with van der Waals surface area (Å²) in [5, 5.41) is 4.44. The number of para-hydroxylation sites is 1. The fraction of sp³-hybridized carbons (Fsp3) is 0.227. The van der Waals surface area contributed by atoms with Crippen LogP contribution < -0.4 is 9.47 Å². The minimum atomic E-state index is -0.576. The summed E-state index contributed by atoms with van der Waals surface area (Å²) in [6.45, 7) is 4.09. The number of hydrogen-bond donors (Lipinski definition) is 0. The monoisotopic (exact) mass is 392 g/mol. The summed E-state index contributed by atoms with van der Waals surface area (Å²) in [4.78, 5) is 25.1. The Hall–Kier alpha value is -3.61. The van der Waals surface area contributed by atoms with Crippen molar-refractivity contribution in [2.45, 2.75) is 13.8 Å². The van der Waals surface area contributed by atoms with Crippen LogP contribution in [0.1, 0.15) is 32.1 Å². The Morgan fingerprint density at radius 2 is 1.76 bits per heavy atom. The van der Waals surface area contributed by atoms with Crippen LogP contribution in [0.25, 0.3) is 5.69 Å². The second-order valence-corrected chi connectivity index (χ2v) is 6.65. The summed E-state index contributed by atoms with van der Waals surface area (Å²) in [6.07, 6.45) is 0. The topological polar surface area (TPSA) is 79.7 Å². The Balaban J connectivity index is 1.48. The van der Waals surface area contributed by atoms with Crippen LogP contribution in [0.2, 0.25) is 0 Å². The van der Waals surface area contributed by atoms with Crippen molar-refractivity contribution in [3.05, 3.63) is 71.0 Å². The van der Waals surface area contributed by atoms with E-state index in [0.29, 0.717) is 47.2 Å². The Kier molecular flexibility index (Phi) is 5.03. The average molecular weight is 392 g/mol. The van der Waals surface area contributed by atoms with Gasteiger partial charge in [-0.2, -0.15) is 5.10 Å². The number of aromatic nitrogens is 2. The summed E-state index contributed by atoms with van der Waals surface area (Å²) in [7, 11) is 0. The van der Waals surface area contributed by atoms with Crippen molar-refractivity contribution in [1.82, 2.24) is 9.78 Å². The highest BCUT2D eigenvalue weighted by atomic mass is 16.6. The lowest BCUT2D eigenvalue weighted by Gasteiger charge is -2.18. The molecule has 4 rings (SSSR count). The Labute approximate surface area is 167 Å². The van der Waals surface area contributed by atoms with Crippen molar-refractivity contribution in [3.8, 4) is 17.2 Å². The molecule has 0 spiro atoms. The van der Waals surface area contributed by atoms with Crippen LogP contribution in [-0.2, 0) is 4.74 Å². The van der Waals surface area contributed by atoms with Gasteiger partial charge in [-0.15, -0.1) is 0 Å². The lowest BCUT2D eigenvalue weighted by molar-refractivity contribution is 0.0473. The molecule has 148 valence electrons. The van der Waals surface area contributed by atoms with Crippen LogP contribution in [0.4, 0.5) is 0 Å². The summed E-state index contributed by atoms with van der Waals surface area (Å²) in [5.41, 5.74) is 2.81. The number of fused-ring (bicyclic) bond motifs is 1. The lowest BCUT2D eigenvalue weighted by atomic mass is 10.1. The summed E-state index contributed by atoms with van der Waals surface area (Å²) in [6, 6.07) is 14.4. The Morgan fingerprint density at radius 3 is 2.52 bits per heavy atom. The van der Waals surface area contributed by atoms with Crippen molar-refractivity contribution in [2.24, 2.45) is 0 Å². The van der Waals surface area contributed by atoms with Crippen LogP contribution in [0.3, 0.4) is 0 Å². The highest BCUT2D eigenvalue weighted by Crippen LogP contribution is 2.31. The van der Waals surface area contributed by atoms with Gasteiger partial charge in [-0.3, -0.25) is 4.79 Å². The molecule has 0 atom stereocenters. The van der Waals surface area contributed by atoms with E-state index < -0.39 is 5.97 Å². The average Bonchev–Trinajstić information content (AvgIpc) is 3.06. The molecule has 0 N–H and O–H groups in total. The van der Waals surface area contributed by atoms with Crippen molar-refractivity contribution in [3.63, 3.8) is 0 Å². The molecule has 0 unspecified atom stereocenters. The van der Waals surface area contributed by atoms with Crippen molar-refractivity contribution in [2.75, 3.05) is 19.8 Å². The molecule has 3 aromatic rings. The molecule has 7 nitrogen and oxygen atoms in total. The first-order valence-corrected chi connectivity index (χ1v) is 9.26. The number of benzene rings is 2. The van der Waals surface area contributed by atoms with Crippen LogP contribution >= 0.6 is 0 Å². The lowest BCUT2D eigenvalue weighted by Crippen LogP contribution is -2.18. The third kappa shape index (κ3) is 3.71. The number of carbonyl (C=O) groups excluding carboxylic acids is 2. The number of ether oxygens (including phenoxy) is 3. The zero-order valence-electron chi connectivity index (χ0n) is 16.2. The van der Waals surface area contributed by atoms with Crippen LogP contribution in [-0.4, -0.2) is 41.4 Å². The van der Waals surface area contributed by atoms with Crippen molar-refractivity contribution in [1.29, 1.82) is 0 Å². The van der Waals surface area contributed by atoms with Gasteiger partial charge in [0.2, 0.25) is 0 Å². The number of carbonyl (C=O) groups is 2. The molecule has 1 aromatic heterocycles. The van der Waals surface area contributed by atoms with E-state index in [0.717, 1.165) is 5.69 Å². The zero-order chi connectivity index (χ0) is 20.4. The number of esters is 1. The molecule has 0 radical (unpaired) electrons. The minimum absolute atomic E-state index is 0.318. The molecule has 0 fully saturated rings. The second-order valence-electron chi connectivity index (χ2n) is 6.65. The molecular weight excluding hydrogens is 372 g/mol. The van der Waals surface area contributed by atoms with Gasteiger partial charge in [0.25, 0.3) is 0 Å². The van der Waals surface area contributed by atoms with Gasteiger partial charge >= 0.3 is 5.97 Å². The van der Waals surface area contributed by atoms with Crippen LogP contribution in [0.15, 0.2) is 48.5 Å². The molecule has 1 aliphatic heterocycles. The molecule has 7 heteroatoms. The molecule has 0 bridgehead atoms. The predicted octanol–water partition coefficient (Wildman–Crippen LogP) is 3.30. The molecular formula is C22H20N2O5. The molecule has 0 saturated carbocycles. The van der Waals surface area contributed by atoms with Crippen LogP contribution in [0, 0.1) is 13.8 Å². The molecule has 2 heterocycles. The largest absolute Gasteiger partial charge is 0.486 e. The molecule has 29 heavy (non-hydrogen) atoms. The van der Waals surface area contributed by atoms with Gasteiger partial charge < -0.3 is 14.2 Å². The van der Waals surface area contributed by atoms with E-state index >= 15 is 0 Å². The second kappa shape index (κ2) is 7.79. The number of nitrogens with zero attached hydrogens (tertiary/aromatic N) is 2. The quantitative estimate of drug-likeness (QED) is 0.490. The molecule has 1 aliphatic rings. The van der Waals surface area contributed by atoms with E-state index in [9.17, 15) is 9.59 Å². The maximum Gasteiger partial charge on any atom is 0.342 e. The SMILES string of the molecule is Cc1nn(-c2ccccc2)c(C)c1C(=O)OCC(=O)c1ccc2c(c1)OCCO2. The first kappa shape index (κ1) is 18.7. The van der Waals surface area contributed by atoms with E-state index in [1.165, 1.54) is 0 Å². The van der Waals surface area contributed by atoms with Gasteiger partial charge in [-0.05, 0) is 44.2 Å². The van der Waals surface area contributed by atoms with Crippen molar-refractivity contribution >= 4 is 11.8 Å². The summed E-state index contributed by atoms with van der Waals surface area (Å²) < 4.78 is 17.9. The third-order valence-electron chi connectivity index (χ3n) is 4.69. The number of aryl methyl sites for hydroxylation is 1. The highest BCUT2D eigenvalue weighted by Gasteiger charge is 2.22. The number of rotatable bonds is 5. The molecule has 0 amide bonds.